The van der Waals surface area contributed by atoms with Gasteiger partial charge in [0, 0.05) is 10.6 Å². The third-order valence-electron chi connectivity index (χ3n) is 2.49. The molecular weight excluding hydrogens is 298 g/mol. The average Bonchev–Trinajstić information content (AvgIpc) is 3.09. The van der Waals surface area contributed by atoms with E-state index in [0.29, 0.717) is 27.4 Å². The summed E-state index contributed by atoms with van der Waals surface area (Å²) in [6.07, 6.45) is 0.654. The Morgan fingerprint density at radius 2 is 2.00 bits per heavy atom. The summed E-state index contributed by atoms with van der Waals surface area (Å²) in [7, 11) is 0. The molecule has 2 aromatic heterocycles. The van der Waals surface area contributed by atoms with Crippen LogP contribution in [0.2, 0.25) is 5.02 Å². The molecule has 0 saturated heterocycles. The Morgan fingerprint density at radius 1 is 1.20 bits per heavy atom. The van der Waals surface area contributed by atoms with Gasteiger partial charge < -0.3 is 4.42 Å². The quantitative estimate of drug-likeness (QED) is 0.744. The maximum atomic E-state index is 10.5. The van der Waals surface area contributed by atoms with Gasteiger partial charge in [0.25, 0.3) is 0 Å². The number of hydrogen-bond donors (Lipinski definition) is 1. The first-order valence-corrected chi connectivity index (χ1v) is 6.85. The molecule has 2 heterocycles. The highest BCUT2D eigenvalue weighted by Gasteiger charge is 2.09. The van der Waals surface area contributed by atoms with E-state index in [2.05, 4.69) is 15.2 Å². The number of furan rings is 1. The van der Waals surface area contributed by atoms with Crippen LogP contribution in [0.4, 0.5) is 0 Å². The third-order valence-corrected chi connectivity index (χ3v) is 3.53. The Morgan fingerprint density at radius 3 is 2.70 bits per heavy atom. The molecule has 3 aromatic rings. The van der Waals surface area contributed by atoms with Gasteiger partial charge in [-0.3, -0.25) is 9.89 Å². The lowest BCUT2D eigenvalue weighted by molar-refractivity contribution is 0.109. The van der Waals surface area contributed by atoms with Crippen molar-refractivity contribution >= 4 is 29.6 Å². The fraction of sp³-hybridized carbons (Fsp3) is 0. The Hall–Kier alpha value is -2.05. The van der Waals surface area contributed by atoms with Gasteiger partial charge in [0.15, 0.2) is 23.0 Å². The SMILES string of the molecule is O=Cc1ccc(Sc2n[nH]c(-c3ccc(Cl)cc3)n2)o1. The van der Waals surface area contributed by atoms with Crippen LogP contribution in [-0.2, 0) is 0 Å². The van der Waals surface area contributed by atoms with Crippen molar-refractivity contribution in [1.82, 2.24) is 15.2 Å². The zero-order valence-corrected chi connectivity index (χ0v) is 11.6. The standard InChI is InChI=1S/C13H8ClN3O2S/c14-9-3-1-8(2-4-9)12-15-13(17-16-12)20-11-6-5-10(7-18)19-11/h1-7H,(H,15,16,17). The van der Waals surface area contributed by atoms with E-state index >= 15 is 0 Å². The molecule has 0 radical (unpaired) electrons. The average molecular weight is 306 g/mol. The molecule has 0 aliphatic carbocycles. The molecule has 0 amide bonds. The first-order valence-electron chi connectivity index (χ1n) is 5.66. The molecule has 1 aromatic carbocycles. The van der Waals surface area contributed by atoms with E-state index in [1.807, 2.05) is 12.1 Å². The fourth-order valence-electron chi connectivity index (χ4n) is 1.57. The van der Waals surface area contributed by atoms with Crippen LogP contribution in [0.25, 0.3) is 11.4 Å². The molecule has 0 aliphatic heterocycles. The van der Waals surface area contributed by atoms with Crippen LogP contribution in [0, 0.1) is 0 Å². The van der Waals surface area contributed by atoms with E-state index in [1.165, 1.54) is 11.8 Å². The minimum Gasteiger partial charge on any atom is -0.447 e. The van der Waals surface area contributed by atoms with Gasteiger partial charge in [-0.05, 0) is 48.2 Å². The van der Waals surface area contributed by atoms with E-state index in [-0.39, 0.29) is 5.76 Å². The number of carbonyl (C=O) groups is 1. The van der Waals surface area contributed by atoms with Gasteiger partial charge in [0.2, 0.25) is 5.16 Å². The maximum absolute atomic E-state index is 10.5. The van der Waals surface area contributed by atoms with E-state index in [9.17, 15) is 4.79 Å². The number of hydrogen-bond acceptors (Lipinski definition) is 5. The maximum Gasteiger partial charge on any atom is 0.216 e. The van der Waals surface area contributed by atoms with Crippen molar-refractivity contribution in [3.63, 3.8) is 0 Å². The highest BCUT2D eigenvalue weighted by atomic mass is 35.5. The van der Waals surface area contributed by atoms with E-state index in [1.54, 1.807) is 24.3 Å². The van der Waals surface area contributed by atoms with Gasteiger partial charge in [-0.15, -0.1) is 5.10 Å². The van der Waals surface area contributed by atoms with Gasteiger partial charge in [-0.2, -0.15) is 0 Å². The van der Waals surface area contributed by atoms with Crippen LogP contribution in [0.3, 0.4) is 0 Å². The van der Waals surface area contributed by atoms with Crippen molar-refractivity contribution < 1.29 is 9.21 Å². The minimum absolute atomic E-state index is 0.279. The van der Waals surface area contributed by atoms with E-state index < -0.39 is 0 Å². The van der Waals surface area contributed by atoms with Gasteiger partial charge >= 0.3 is 0 Å². The molecule has 0 unspecified atom stereocenters. The summed E-state index contributed by atoms with van der Waals surface area (Å²) in [4.78, 5) is 14.9. The van der Waals surface area contributed by atoms with Crippen LogP contribution < -0.4 is 0 Å². The van der Waals surface area contributed by atoms with Crippen LogP contribution >= 0.6 is 23.4 Å². The smallest absolute Gasteiger partial charge is 0.216 e. The highest BCUT2D eigenvalue weighted by molar-refractivity contribution is 7.99. The number of H-pyrrole nitrogens is 1. The summed E-state index contributed by atoms with van der Waals surface area (Å²) >= 11 is 7.07. The topological polar surface area (TPSA) is 71.8 Å². The van der Waals surface area contributed by atoms with Crippen molar-refractivity contribution in [2.24, 2.45) is 0 Å². The molecule has 100 valence electrons. The molecule has 20 heavy (non-hydrogen) atoms. The minimum atomic E-state index is 0.279. The van der Waals surface area contributed by atoms with Crippen LogP contribution in [0.15, 0.2) is 51.1 Å². The Balaban J connectivity index is 1.79. The fourth-order valence-corrected chi connectivity index (χ4v) is 2.38. The van der Waals surface area contributed by atoms with Gasteiger partial charge in [0.05, 0.1) is 0 Å². The molecule has 0 bridgehead atoms. The van der Waals surface area contributed by atoms with Crippen molar-refractivity contribution in [3.05, 3.63) is 47.2 Å². The summed E-state index contributed by atoms with van der Waals surface area (Å²) in [5.74, 6) is 0.923. The highest BCUT2D eigenvalue weighted by Crippen LogP contribution is 2.27. The zero-order valence-electron chi connectivity index (χ0n) is 10.0. The largest absolute Gasteiger partial charge is 0.447 e. The summed E-state index contributed by atoms with van der Waals surface area (Å²) in [5, 5.41) is 8.68. The number of rotatable bonds is 4. The number of carbonyl (C=O) groups excluding carboxylic acids is 1. The lowest BCUT2D eigenvalue weighted by Gasteiger charge is -1.94. The predicted octanol–water partition coefficient (Wildman–Crippen LogP) is 3.68. The first-order chi connectivity index (χ1) is 9.74. The lowest BCUT2D eigenvalue weighted by Crippen LogP contribution is -1.79. The number of nitrogens with zero attached hydrogens (tertiary/aromatic N) is 2. The van der Waals surface area contributed by atoms with Crippen LogP contribution in [0.1, 0.15) is 10.6 Å². The Labute approximate surface area is 123 Å². The van der Waals surface area contributed by atoms with Crippen molar-refractivity contribution in [2.45, 2.75) is 10.2 Å². The number of benzene rings is 1. The van der Waals surface area contributed by atoms with Gasteiger partial charge in [0.1, 0.15) is 0 Å². The molecule has 0 spiro atoms. The van der Waals surface area contributed by atoms with Crippen LogP contribution in [0.5, 0.6) is 0 Å². The molecule has 0 saturated carbocycles. The third kappa shape index (κ3) is 2.76. The normalized spacial score (nSPS) is 10.7. The summed E-state index contributed by atoms with van der Waals surface area (Å²) in [5.41, 5.74) is 0.891. The first kappa shape index (κ1) is 13.0. The zero-order chi connectivity index (χ0) is 13.9. The molecule has 5 nitrogen and oxygen atoms in total. The molecular formula is C13H8ClN3O2S. The monoisotopic (exact) mass is 305 g/mol. The van der Waals surface area contributed by atoms with E-state index in [0.717, 1.165) is 5.56 Å². The number of aldehydes is 1. The summed E-state index contributed by atoms with van der Waals surface area (Å²) in [6.45, 7) is 0. The number of aromatic nitrogens is 3. The predicted molar refractivity (Wildman–Crippen MR) is 75.0 cm³/mol. The molecule has 0 fully saturated rings. The summed E-state index contributed by atoms with van der Waals surface area (Å²) in [6, 6.07) is 10.6. The molecule has 7 heteroatoms. The number of halogens is 1. The second kappa shape index (κ2) is 5.52. The number of nitrogens with one attached hydrogen (secondary N) is 1. The Kier molecular flexibility index (Phi) is 3.58. The number of aromatic amines is 1. The van der Waals surface area contributed by atoms with Gasteiger partial charge in [-0.1, -0.05) is 11.6 Å². The summed E-state index contributed by atoms with van der Waals surface area (Å²) < 4.78 is 5.25. The van der Waals surface area contributed by atoms with Crippen LogP contribution in [-0.4, -0.2) is 21.5 Å². The van der Waals surface area contributed by atoms with Crippen molar-refractivity contribution in [2.75, 3.05) is 0 Å². The lowest BCUT2D eigenvalue weighted by atomic mass is 10.2. The van der Waals surface area contributed by atoms with Gasteiger partial charge in [-0.25, -0.2) is 4.98 Å². The van der Waals surface area contributed by atoms with E-state index in [4.69, 9.17) is 16.0 Å². The van der Waals surface area contributed by atoms with Crippen molar-refractivity contribution in [3.8, 4) is 11.4 Å². The molecule has 3 rings (SSSR count). The molecule has 0 atom stereocenters. The second-order valence-corrected chi connectivity index (χ2v) is 5.26. The molecule has 1 N–H and O–H groups in total. The second-order valence-electron chi connectivity index (χ2n) is 3.85. The van der Waals surface area contributed by atoms with Crippen molar-refractivity contribution in [1.29, 1.82) is 0 Å². The Bertz CT molecular complexity index is 736. The molecule has 0 aliphatic rings.